The van der Waals surface area contributed by atoms with Crippen molar-refractivity contribution < 1.29 is 27.9 Å². The maximum absolute atomic E-state index is 14.0. The molecular weight excluding hydrogens is 496 g/mol. The van der Waals surface area contributed by atoms with Gasteiger partial charge in [-0.2, -0.15) is 0 Å². The Hall–Kier alpha value is -2.20. The predicted molar refractivity (Wildman–Crippen MR) is 129 cm³/mol. The minimum absolute atomic E-state index is 0.0569. The van der Waals surface area contributed by atoms with Crippen LogP contribution in [0.15, 0.2) is 24.3 Å². The molecule has 191 valence electrons. The predicted octanol–water partition coefficient (Wildman–Crippen LogP) is 4.55. The second-order valence-electron chi connectivity index (χ2n) is 10.3. The quantitative estimate of drug-likeness (QED) is 0.411. The summed E-state index contributed by atoms with van der Waals surface area (Å²) >= 11 is 6.07. The number of ether oxygens (including phenoxy) is 1. The average Bonchev–Trinajstić information content (AvgIpc) is 3.65. The van der Waals surface area contributed by atoms with Crippen molar-refractivity contribution in [3.63, 3.8) is 0 Å². The number of carbonyl (C=O) groups excluding carboxylic acids is 3. The summed E-state index contributed by atoms with van der Waals surface area (Å²) in [6.45, 7) is 3.87. The summed E-state index contributed by atoms with van der Waals surface area (Å²) in [5, 5.41) is 8.74. The smallest absolute Gasteiger partial charge is 0.408 e. The molecule has 3 atom stereocenters. The van der Waals surface area contributed by atoms with E-state index >= 15 is 0 Å². The lowest BCUT2D eigenvalue weighted by Crippen LogP contribution is -2.52. The maximum Gasteiger partial charge on any atom is 0.408 e. The van der Waals surface area contributed by atoms with Gasteiger partial charge in [0.05, 0.1) is 0 Å². The lowest BCUT2D eigenvalue weighted by Gasteiger charge is -2.27. The molecule has 0 aromatic heterocycles. The number of nitrogens with one attached hydrogen (secondary N) is 3. The highest BCUT2D eigenvalue weighted by molar-refractivity contribution is 6.90. The summed E-state index contributed by atoms with van der Waals surface area (Å²) in [5.74, 6) is -3.43. The number of benzene rings is 1. The first-order chi connectivity index (χ1) is 16.4. The first-order valence-electron chi connectivity index (χ1n) is 12.0. The van der Waals surface area contributed by atoms with E-state index in [0.29, 0.717) is 30.5 Å². The van der Waals surface area contributed by atoms with E-state index < -0.39 is 43.8 Å². The SMILES string of the molecule is C[C@H](C[Si]1CCCNC1=O)NC(=O)C(CC1(C)CC1(F)F)NC(=O)OC1(c2cccc(Cl)c2)CC1. The van der Waals surface area contributed by atoms with Gasteiger partial charge in [-0.3, -0.25) is 9.59 Å². The van der Waals surface area contributed by atoms with E-state index in [9.17, 15) is 23.2 Å². The van der Waals surface area contributed by atoms with Crippen LogP contribution in [0.2, 0.25) is 17.1 Å². The Morgan fingerprint density at radius 2 is 2.00 bits per heavy atom. The number of carbonyl (C=O) groups is 3. The van der Waals surface area contributed by atoms with E-state index in [2.05, 4.69) is 16.0 Å². The summed E-state index contributed by atoms with van der Waals surface area (Å²) in [4.78, 5) is 38.0. The van der Waals surface area contributed by atoms with Crippen LogP contribution < -0.4 is 16.0 Å². The third-order valence-electron chi connectivity index (χ3n) is 7.18. The minimum atomic E-state index is -2.88. The molecule has 35 heavy (non-hydrogen) atoms. The molecule has 11 heteroatoms. The standard InChI is InChI=1S/C24H31ClF2N3O4Si/c1-15(13-35-10-4-9-28-21(35)33)29-19(31)18(12-22(2)14-24(22,26)27)30-20(32)34-23(7-8-23)16-5-3-6-17(25)11-16/h3,5-6,11,15,18H,4,7-10,12-14H2,1-2H3,(H,28,33)(H,29,31)(H,30,32)/t15-,18?,22?/m1/s1. The Kier molecular flexibility index (Phi) is 7.16. The molecule has 1 aromatic rings. The van der Waals surface area contributed by atoms with Gasteiger partial charge in [-0.1, -0.05) is 30.7 Å². The van der Waals surface area contributed by atoms with Gasteiger partial charge in [0.1, 0.15) is 11.6 Å². The molecule has 1 aromatic carbocycles. The van der Waals surface area contributed by atoms with Crippen LogP contribution in [0.25, 0.3) is 0 Å². The Morgan fingerprint density at radius 3 is 2.60 bits per heavy atom. The molecule has 3 fully saturated rings. The molecule has 0 spiro atoms. The molecule has 7 nitrogen and oxygen atoms in total. The Labute approximate surface area is 210 Å². The van der Waals surface area contributed by atoms with Gasteiger partial charge in [0.15, 0.2) is 14.3 Å². The first kappa shape index (κ1) is 25.9. The Balaban J connectivity index is 1.40. The van der Waals surface area contributed by atoms with Gasteiger partial charge < -0.3 is 20.7 Å². The van der Waals surface area contributed by atoms with E-state index in [1.807, 2.05) is 6.07 Å². The number of alkyl halides is 2. The molecule has 2 aliphatic carbocycles. The van der Waals surface area contributed by atoms with Gasteiger partial charge in [0.2, 0.25) is 5.91 Å². The zero-order valence-corrected chi connectivity index (χ0v) is 21.6. The van der Waals surface area contributed by atoms with Gasteiger partial charge in [-0.05, 0) is 62.4 Å². The topological polar surface area (TPSA) is 96.5 Å². The van der Waals surface area contributed by atoms with Gasteiger partial charge in [0, 0.05) is 29.4 Å². The van der Waals surface area contributed by atoms with Crippen LogP contribution in [0.3, 0.4) is 0 Å². The molecule has 1 saturated heterocycles. The zero-order valence-electron chi connectivity index (χ0n) is 19.9. The van der Waals surface area contributed by atoms with Gasteiger partial charge >= 0.3 is 6.09 Å². The fourth-order valence-electron chi connectivity index (χ4n) is 4.71. The first-order valence-corrected chi connectivity index (χ1v) is 14.3. The summed E-state index contributed by atoms with van der Waals surface area (Å²) in [6.07, 6.45) is 0.750. The van der Waals surface area contributed by atoms with E-state index in [0.717, 1.165) is 18.0 Å². The van der Waals surface area contributed by atoms with Crippen molar-refractivity contribution in [3.05, 3.63) is 34.9 Å². The molecule has 3 aliphatic rings. The average molecular weight is 527 g/mol. The second kappa shape index (κ2) is 9.69. The van der Waals surface area contributed by atoms with Crippen molar-refractivity contribution in [1.29, 1.82) is 0 Å². The van der Waals surface area contributed by atoms with Crippen LogP contribution in [-0.2, 0) is 15.1 Å². The maximum atomic E-state index is 14.0. The normalized spacial score (nSPS) is 26.1. The van der Waals surface area contributed by atoms with Gasteiger partial charge in [-0.15, -0.1) is 0 Å². The van der Waals surface area contributed by atoms with E-state index in [1.165, 1.54) is 6.92 Å². The fraction of sp³-hybridized carbons (Fsp3) is 0.625. The van der Waals surface area contributed by atoms with E-state index in [4.69, 9.17) is 16.3 Å². The van der Waals surface area contributed by atoms with Crippen LogP contribution in [0.5, 0.6) is 0 Å². The number of hydrogen-bond acceptors (Lipinski definition) is 4. The number of hydrogen-bond donors (Lipinski definition) is 3. The third-order valence-corrected chi connectivity index (χ3v) is 10.3. The van der Waals surface area contributed by atoms with Crippen molar-refractivity contribution in [1.82, 2.24) is 16.0 Å². The molecule has 1 radical (unpaired) electrons. The summed E-state index contributed by atoms with van der Waals surface area (Å²) < 4.78 is 33.6. The van der Waals surface area contributed by atoms with Crippen molar-refractivity contribution >= 4 is 37.9 Å². The number of halogens is 3. The monoisotopic (exact) mass is 526 g/mol. The molecular formula is C24H31ClF2N3O4Si. The van der Waals surface area contributed by atoms with Crippen LogP contribution in [-0.4, -0.2) is 50.9 Å². The fourth-order valence-corrected chi connectivity index (χ4v) is 7.34. The van der Waals surface area contributed by atoms with Crippen molar-refractivity contribution in [3.8, 4) is 0 Å². The van der Waals surface area contributed by atoms with Crippen LogP contribution >= 0.6 is 11.6 Å². The minimum Gasteiger partial charge on any atom is -0.438 e. The zero-order chi connectivity index (χ0) is 25.4. The van der Waals surface area contributed by atoms with Gasteiger partial charge in [0.25, 0.3) is 5.92 Å². The molecule has 2 unspecified atom stereocenters. The molecule has 3 N–H and O–H groups in total. The molecule has 3 amide bonds. The van der Waals surface area contributed by atoms with E-state index in [1.54, 1.807) is 25.1 Å². The lowest BCUT2D eigenvalue weighted by atomic mass is 9.97. The van der Waals surface area contributed by atoms with Crippen molar-refractivity contribution in [2.45, 2.75) is 81.6 Å². The summed E-state index contributed by atoms with van der Waals surface area (Å²) in [5.41, 5.74) is -1.38. The molecule has 4 rings (SSSR count). The highest BCUT2D eigenvalue weighted by atomic mass is 35.5. The summed E-state index contributed by atoms with van der Waals surface area (Å²) in [7, 11) is -1.32. The summed E-state index contributed by atoms with van der Waals surface area (Å²) in [6, 6.07) is 6.88. The Bertz CT molecular complexity index is 1010. The number of alkyl carbamates (subject to hydrolysis) is 1. The van der Waals surface area contributed by atoms with Gasteiger partial charge in [-0.25, -0.2) is 13.6 Å². The highest BCUT2D eigenvalue weighted by Crippen LogP contribution is 2.62. The van der Waals surface area contributed by atoms with Crippen LogP contribution in [0, 0.1) is 5.41 Å². The third kappa shape index (κ3) is 5.96. The molecule has 2 saturated carbocycles. The van der Waals surface area contributed by atoms with Crippen LogP contribution in [0.1, 0.15) is 51.5 Å². The molecule has 1 aliphatic heterocycles. The van der Waals surface area contributed by atoms with Crippen molar-refractivity contribution in [2.75, 3.05) is 6.54 Å². The largest absolute Gasteiger partial charge is 0.438 e. The molecule has 0 bridgehead atoms. The number of rotatable bonds is 9. The number of amides is 3. The lowest BCUT2D eigenvalue weighted by molar-refractivity contribution is -0.124. The van der Waals surface area contributed by atoms with Crippen LogP contribution in [0.4, 0.5) is 18.4 Å². The highest BCUT2D eigenvalue weighted by Gasteiger charge is 2.68. The Morgan fingerprint density at radius 1 is 1.29 bits per heavy atom. The second-order valence-corrected chi connectivity index (χ2v) is 13.3. The van der Waals surface area contributed by atoms with E-state index in [-0.39, 0.29) is 24.4 Å². The van der Waals surface area contributed by atoms with Crippen molar-refractivity contribution in [2.24, 2.45) is 5.41 Å². The molecule has 1 heterocycles.